The maximum absolute atomic E-state index is 8.54. The van der Waals surface area contributed by atoms with Crippen LogP contribution in [0.1, 0.15) is 64.2 Å². The molecule has 0 aliphatic rings. The Hall–Kier alpha value is -0.280. The SMILES string of the molecule is OCCCCOCCCCO.OCCCCOCCCCOCCCCO. The summed E-state index contributed by atoms with van der Waals surface area (Å²) in [5, 5.41) is 33.9. The number of rotatable bonds is 21. The Bertz CT molecular complexity index is 208. The smallest absolute Gasteiger partial charge is 0.0466 e. The van der Waals surface area contributed by atoms with Gasteiger partial charge in [-0.05, 0) is 64.2 Å². The van der Waals surface area contributed by atoms with E-state index in [1.807, 2.05) is 0 Å². The largest absolute Gasteiger partial charge is 0.396 e. The van der Waals surface area contributed by atoms with E-state index in [0.29, 0.717) is 0 Å². The third-order valence-corrected chi connectivity index (χ3v) is 3.61. The van der Waals surface area contributed by atoms with Gasteiger partial charge in [-0.2, -0.15) is 0 Å². The molecule has 0 aliphatic heterocycles. The summed E-state index contributed by atoms with van der Waals surface area (Å²) >= 11 is 0. The van der Waals surface area contributed by atoms with Crippen LogP contribution in [0.15, 0.2) is 0 Å². The highest BCUT2D eigenvalue weighted by molar-refractivity contribution is 4.42. The molecule has 0 rings (SSSR count). The van der Waals surface area contributed by atoms with Crippen LogP contribution in [0.4, 0.5) is 0 Å². The zero-order valence-electron chi connectivity index (χ0n) is 17.2. The van der Waals surface area contributed by atoms with Gasteiger partial charge < -0.3 is 34.6 Å². The van der Waals surface area contributed by atoms with Crippen LogP contribution in [-0.2, 0) is 14.2 Å². The molecule has 0 aromatic carbocycles. The second kappa shape index (κ2) is 30.4. The number of hydrogen-bond donors (Lipinski definition) is 4. The lowest BCUT2D eigenvalue weighted by Gasteiger charge is -2.05. The molecule has 166 valence electrons. The molecule has 27 heavy (non-hydrogen) atoms. The van der Waals surface area contributed by atoms with Gasteiger partial charge in [-0.25, -0.2) is 0 Å². The van der Waals surface area contributed by atoms with Crippen molar-refractivity contribution < 1.29 is 34.6 Å². The molecule has 7 heteroatoms. The second-order valence-electron chi connectivity index (χ2n) is 6.27. The minimum Gasteiger partial charge on any atom is -0.396 e. The molecule has 0 spiro atoms. The Labute approximate surface area is 165 Å². The monoisotopic (exact) mass is 396 g/mol. The van der Waals surface area contributed by atoms with Crippen LogP contribution in [0.2, 0.25) is 0 Å². The fourth-order valence-electron chi connectivity index (χ4n) is 1.98. The zero-order chi connectivity index (χ0) is 20.3. The van der Waals surface area contributed by atoms with Crippen molar-refractivity contribution in [2.45, 2.75) is 64.2 Å². The Morgan fingerprint density at radius 2 is 0.481 bits per heavy atom. The molecule has 0 radical (unpaired) electrons. The van der Waals surface area contributed by atoms with Crippen LogP contribution in [0.5, 0.6) is 0 Å². The molecule has 0 aromatic heterocycles. The molecule has 7 nitrogen and oxygen atoms in total. The number of aliphatic hydroxyl groups is 4. The fraction of sp³-hybridized carbons (Fsp3) is 1.00. The third kappa shape index (κ3) is 33.7. The highest BCUT2D eigenvalue weighted by atomic mass is 16.5. The maximum Gasteiger partial charge on any atom is 0.0466 e. The third-order valence-electron chi connectivity index (χ3n) is 3.61. The van der Waals surface area contributed by atoms with E-state index < -0.39 is 0 Å². The second-order valence-corrected chi connectivity index (χ2v) is 6.27. The van der Waals surface area contributed by atoms with Gasteiger partial charge in [0.1, 0.15) is 0 Å². The topological polar surface area (TPSA) is 109 Å². The van der Waals surface area contributed by atoms with Gasteiger partial charge in [0, 0.05) is 66.1 Å². The molecule has 0 saturated carbocycles. The standard InChI is InChI=1S/C12H26O4.C8H18O3/c13-7-1-3-9-15-11-5-6-12-16-10-4-2-8-14;9-5-1-3-7-11-8-4-2-6-10/h13-14H,1-12H2;9-10H,1-8H2. The summed E-state index contributed by atoms with van der Waals surface area (Å²) in [6, 6.07) is 0. The molecule has 0 saturated heterocycles. The van der Waals surface area contributed by atoms with Crippen molar-refractivity contribution in [3.8, 4) is 0 Å². The van der Waals surface area contributed by atoms with Gasteiger partial charge in [0.25, 0.3) is 0 Å². The van der Waals surface area contributed by atoms with Gasteiger partial charge >= 0.3 is 0 Å². The van der Waals surface area contributed by atoms with E-state index in [2.05, 4.69) is 0 Å². The van der Waals surface area contributed by atoms with E-state index in [1.54, 1.807) is 0 Å². The summed E-state index contributed by atoms with van der Waals surface area (Å²) in [4.78, 5) is 0. The average Bonchev–Trinajstić information content (AvgIpc) is 2.69. The molecular formula is C20H44O7. The van der Waals surface area contributed by atoms with E-state index in [0.717, 1.165) is 104 Å². The molecule has 0 amide bonds. The predicted octanol–water partition coefficient (Wildman–Crippen LogP) is 1.89. The predicted molar refractivity (Wildman–Crippen MR) is 107 cm³/mol. The van der Waals surface area contributed by atoms with Crippen molar-refractivity contribution in [2.75, 3.05) is 66.1 Å². The van der Waals surface area contributed by atoms with Gasteiger partial charge in [0.2, 0.25) is 0 Å². The highest BCUT2D eigenvalue weighted by Gasteiger charge is 1.92. The molecule has 0 aromatic rings. The first kappa shape index (κ1) is 28.9. The summed E-state index contributed by atoms with van der Waals surface area (Å²) in [6.45, 7) is 5.53. The van der Waals surface area contributed by atoms with Crippen LogP contribution < -0.4 is 0 Å². The molecule has 0 atom stereocenters. The van der Waals surface area contributed by atoms with Crippen molar-refractivity contribution in [1.82, 2.24) is 0 Å². The van der Waals surface area contributed by atoms with Crippen LogP contribution in [0.3, 0.4) is 0 Å². The molecule has 0 bridgehead atoms. The average molecular weight is 397 g/mol. The number of aliphatic hydroxyl groups excluding tert-OH is 4. The van der Waals surface area contributed by atoms with E-state index in [-0.39, 0.29) is 26.4 Å². The molecule has 0 fully saturated rings. The van der Waals surface area contributed by atoms with Crippen molar-refractivity contribution in [3.63, 3.8) is 0 Å². The molecule has 0 unspecified atom stereocenters. The normalized spacial score (nSPS) is 10.7. The first-order valence-corrected chi connectivity index (χ1v) is 10.5. The first-order valence-electron chi connectivity index (χ1n) is 10.5. The Balaban J connectivity index is 0. The van der Waals surface area contributed by atoms with Gasteiger partial charge in [-0.3, -0.25) is 0 Å². The summed E-state index contributed by atoms with van der Waals surface area (Å²) in [7, 11) is 0. The van der Waals surface area contributed by atoms with Crippen LogP contribution in [0, 0.1) is 0 Å². The van der Waals surface area contributed by atoms with Crippen molar-refractivity contribution >= 4 is 0 Å². The zero-order valence-corrected chi connectivity index (χ0v) is 17.2. The molecular weight excluding hydrogens is 352 g/mol. The Kier molecular flexibility index (Phi) is 32.6. The van der Waals surface area contributed by atoms with Gasteiger partial charge in [0.05, 0.1) is 0 Å². The van der Waals surface area contributed by atoms with Crippen molar-refractivity contribution in [1.29, 1.82) is 0 Å². The van der Waals surface area contributed by atoms with Crippen LogP contribution >= 0.6 is 0 Å². The minimum absolute atomic E-state index is 0.250. The minimum atomic E-state index is 0.250. The summed E-state index contributed by atoms with van der Waals surface area (Å²) < 4.78 is 16.0. The van der Waals surface area contributed by atoms with Crippen LogP contribution in [0.25, 0.3) is 0 Å². The number of unbranched alkanes of at least 4 members (excludes halogenated alkanes) is 5. The molecule has 4 N–H and O–H groups in total. The Morgan fingerprint density at radius 3 is 0.667 bits per heavy atom. The van der Waals surface area contributed by atoms with Crippen LogP contribution in [-0.4, -0.2) is 86.5 Å². The lowest BCUT2D eigenvalue weighted by Crippen LogP contribution is -2.02. The van der Waals surface area contributed by atoms with Gasteiger partial charge in [-0.15, -0.1) is 0 Å². The van der Waals surface area contributed by atoms with E-state index >= 15 is 0 Å². The molecule has 0 heterocycles. The lowest BCUT2D eigenvalue weighted by atomic mass is 10.3. The maximum atomic E-state index is 8.54. The first-order chi connectivity index (χ1) is 13.3. The summed E-state index contributed by atoms with van der Waals surface area (Å²) in [5.41, 5.74) is 0. The molecule has 0 aliphatic carbocycles. The number of hydrogen-bond acceptors (Lipinski definition) is 7. The number of ether oxygens (including phenoxy) is 3. The quantitative estimate of drug-likeness (QED) is 0.219. The summed E-state index contributed by atoms with van der Waals surface area (Å²) in [5.74, 6) is 0. The fourth-order valence-corrected chi connectivity index (χ4v) is 1.98. The van der Waals surface area contributed by atoms with E-state index in [1.165, 1.54) is 0 Å². The van der Waals surface area contributed by atoms with Crippen molar-refractivity contribution in [2.24, 2.45) is 0 Å². The summed E-state index contributed by atoms with van der Waals surface area (Å²) in [6.07, 6.45) is 9.08. The van der Waals surface area contributed by atoms with E-state index in [4.69, 9.17) is 34.6 Å². The lowest BCUT2D eigenvalue weighted by molar-refractivity contribution is 0.0960. The Morgan fingerprint density at radius 1 is 0.296 bits per heavy atom. The van der Waals surface area contributed by atoms with Crippen molar-refractivity contribution in [3.05, 3.63) is 0 Å². The highest BCUT2D eigenvalue weighted by Crippen LogP contribution is 1.96. The van der Waals surface area contributed by atoms with E-state index in [9.17, 15) is 0 Å². The van der Waals surface area contributed by atoms with Gasteiger partial charge in [0.15, 0.2) is 0 Å². The van der Waals surface area contributed by atoms with Gasteiger partial charge in [-0.1, -0.05) is 0 Å².